The zero-order valence-corrected chi connectivity index (χ0v) is 21.7. The van der Waals surface area contributed by atoms with Gasteiger partial charge in [-0.05, 0) is 35.9 Å². The molecule has 1 aliphatic rings. The first-order valence-electron chi connectivity index (χ1n) is 10.5. The Labute approximate surface area is 214 Å². The molecule has 1 aliphatic heterocycles. The fraction of sp³-hybridized carbons (Fsp3) is 0.304. The van der Waals surface area contributed by atoms with Gasteiger partial charge in [-0.3, -0.25) is 14.6 Å². The van der Waals surface area contributed by atoms with Crippen LogP contribution < -0.4 is 4.90 Å². The van der Waals surface area contributed by atoms with Gasteiger partial charge in [-0.15, -0.1) is 12.4 Å². The fourth-order valence-electron chi connectivity index (χ4n) is 3.47. The van der Waals surface area contributed by atoms with Gasteiger partial charge in [0.05, 0.1) is 28.3 Å². The third kappa shape index (κ3) is 6.56. The molecule has 1 fully saturated rings. The Balaban J connectivity index is 0.00000324. The maximum atomic E-state index is 13.2. The number of morpholine rings is 1. The lowest BCUT2D eigenvalue weighted by molar-refractivity contribution is -0.114. The van der Waals surface area contributed by atoms with Gasteiger partial charge in [-0.2, -0.15) is 0 Å². The van der Waals surface area contributed by atoms with Gasteiger partial charge in [0.2, 0.25) is 0 Å². The number of sulfone groups is 1. The molecule has 1 aromatic heterocycles. The summed E-state index contributed by atoms with van der Waals surface area (Å²) >= 11 is 7.52. The molecule has 2 aromatic carbocycles. The zero-order chi connectivity index (χ0) is 23.4. The number of carbonyl (C=O) groups is 1. The van der Waals surface area contributed by atoms with Crippen LogP contribution in [-0.4, -0.2) is 69.9 Å². The Kier molecular flexibility index (Phi) is 9.08. The number of ether oxygens (including phenoxy) is 1. The van der Waals surface area contributed by atoms with Crippen molar-refractivity contribution < 1.29 is 17.9 Å². The van der Waals surface area contributed by atoms with E-state index in [1.807, 2.05) is 18.2 Å². The van der Waals surface area contributed by atoms with Gasteiger partial charge in [0.1, 0.15) is 0 Å². The second-order valence-electron chi connectivity index (χ2n) is 7.70. The highest BCUT2D eigenvalue weighted by Gasteiger charge is 2.21. The quantitative estimate of drug-likeness (QED) is 0.418. The molecule has 1 amide bonds. The lowest BCUT2D eigenvalue weighted by atomic mass is 10.2. The number of amides is 1. The van der Waals surface area contributed by atoms with E-state index < -0.39 is 9.84 Å². The minimum Gasteiger partial charge on any atom is -0.379 e. The molecule has 0 bridgehead atoms. The van der Waals surface area contributed by atoms with Gasteiger partial charge in [0, 0.05) is 43.5 Å². The van der Waals surface area contributed by atoms with Gasteiger partial charge in [0.25, 0.3) is 5.91 Å². The van der Waals surface area contributed by atoms with E-state index in [0.717, 1.165) is 18.7 Å². The van der Waals surface area contributed by atoms with Crippen LogP contribution in [0.2, 0.25) is 5.02 Å². The first-order chi connectivity index (χ1) is 15.8. The van der Waals surface area contributed by atoms with E-state index in [-0.39, 0.29) is 23.2 Å². The van der Waals surface area contributed by atoms with Crippen molar-refractivity contribution >= 4 is 72.5 Å². The summed E-state index contributed by atoms with van der Waals surface area (Å²) in [6.45, 7) is 4.11. The number of fused-ring (bicyclic) bond motifs is 1. The largest absolute Gasteiger partial charge is 0.379 e. The molecule has 34 heavy (non-hydrogen) atoms. The topological polar surface area (TPSA) is 79.8 Å². The number of benzene rings is 2. The first-order valence-corrected chi connectivity index (χ1v) is 13.5. The number of carbonyl (C=O) groups excluding carboxylic acids is 1. The van der Waals surface area contributed by atoms with Crippen molar-refractivity contribution in [3.8, 4) is 0 Å². The Bertz CT molecular complexity index is 1290. The Morgan fingerprint density at radius 1 is 1.24 bits per heavy atom. The molecule has 1 saturated heterocycles. The maximum absolute atomic E-state index is 13.2. The second-order valence-corrected chi connectivity index (χ2v) is 11.1. The van der Waals surface area contributed by atoms with Gasteiger partial charge in [-0.25, -0.2) is 13.4 Å². The summed E-state index contributed by atoms with van der Waals surface area (Å²) in [6.07, 6.45) is 4.36. The van der Waals surface area contributed by atoms with Crippen LogP contribution in [0, 0.1) is 0 Å². The average molecular weight is 543 g/mol. The summed E-state index contributed by atoms with van der Waals surface area (Å²) < 4.78 is 30.0. The summed E-state index contributed by atoms with van der Waals surface area (Å²) in [5.41, 5.74) is 1.41. The van der Waals surface area contributed by atoms with Crippen LogP contribution in [0.5, 0.6) is 0 Å². The van der Waals surface area contributed by atoms with E-state index in [2.05, 4.69) is 9.88 Å². The lowest BCUT2D eigenvalue weighted by Gasteiger charge is -2.28. The number of nitrogens with zero attached hydrogens (tertiary/aromatic N) is 3. The van der Waals surface area contributed by atoms with Gasteiger partial charge >= 0.3 is 0 Å². The minimum absolute atomic E-state index is 0. The molecule has 0 radical (unpaired) electrons. The van der Waals surface area contributed by atoms with Crippen molar-refractivity contribution in [2.45, 2.75) is 4.90 Å². The molecule has 2 heterocycles. The molecule has 182 valence electrons. The molecule has 0 aliphatic carbocycles. The van der Waals surface area contributed by atoms with Crippen LogP contribution in [0.3, 0.4) is 0 Å². The minimum atomic E-state index is -3.33. The molecule has 3 aromatic rings. The van der Waals surface area contributed by atoms with E-state index in [4.69, 9.17) is 16.3 Å². The fourth-order valence-corrected chi connectivity index (χ4v) is 5.42. The van der Waals surface area contributed by atoms with Crippen molar-refractivity contribution in [2.24, 2.45) is 0 Å². The highest BCUT2D eigenvalue weighted by molar-refractivity contribution is 7.90. The van der Waals surface area contributed by atoms with E-state index in [0.29, 0.717) is 46.7 Å². The number of halogens is 2. The van der Waals surface area contributed by atoms with Crippen LogP contribution >= 0.6 is 35.3 Å². The summed E-state index contributed by atoms with van der Waals surface area (Å²) in [6, 6.07) is 12.1. The van der Waals surface area contributed by atoms with Gasteiger partial charge < -0.3 is 4.74 Å². The number of thiazole rings is 1. The summed E-state index contributed by atoms with van der Waals surface area (Å²) in [7, 11) is -3.33. The van der Waals surface area contributed by atoms with Crippen LogP contribution in [-0.2, 0) is 19.4 Å². The van der Waals surface area contributed by atoms with E-state index in [1.165, 1.54) is 23.7 Å². The molecule has 11 heteroatoms. The second kappa shape index (κ2) is 11.6. The van der Waals surface area contributed by atoms with E-state index >= 15 is 0 Å². The Hall–Kier alpha value is -2.01. The first kappa shape index (κ1) is 26.6. The summed E-state index contributed by atoms with van der Waals surface area (Å²) in [4.78, 5) is 22.0. The molecule has 0 saturated carbocycles. The maximum Gasteiger partial charge on any atom is 0.252 e. The van der Waals surface area contributed by atoms with Crippen LogP contribution in [0.25, 0.3) is 16.3 Å². The summed E-state index contributed by atoms with van der Waals surface area (Å²) in [5.74, 6) is -0.217. The molecule has 0 atom stereocenters. The van der Waals surface area contributed by atoms with Gasteiger partial charge in [0.15, 0.2) is 15.0 Å². The molecule has 7 nitrogen and oxygen atoms in total. The number of aromatic nitrogens is 1. The third-order valence-corrected chi connectivity index (χ3v) is 7.82. The van der Waals surface area contributed by atoms with Crippen LogP contribution in [0.1, 0.15) is 5.56 Å². The van der Waals surface area contributed by atoms with Crippen molar-refractivity contribution in [3.63, 3.8) is 0 Å². The van der Waals surface area contributed by atoms with Crippen molar-refractivity contribution in [3.05, 3.63) is 59.1 Å². The number of anilines is 1. The number of hydrogen-bond donors (Lipinski definition) is 0. The standard InChI is InChI=1S/C23H24ClN3O4S2.ClH/c1-33(29,30)18-7-8-20-21(16-18)32-23(25-20)27(11-10-26-12-14-31-15-13-26)22(28)9-6-17-4-2-3-5-19(17)24;/h2-9,16H,10-15H2,1H3;1H. The van der Waals surface area contributed by atoms with Gasteiger partial charge in [-0.1, -0.05) is 41.1 Å². The van der Waals surface area contributed by atoms with E-state index in [9.17, 15) is 13.2 Å². The predicted molar refractivity (Wildman–Crippen MR) is 140 cm³/mol. The zero-order valence-electron chi connectivity index (χ0n) is 18.5. The van der Waals surface area contributed by atoms with Crippen molar-refractivity contribution in [1.29, 1.82) is 0 Å². The van der Waals surface area contributed by atoms with Crippen LogP contribution in [0.4, 0.5) is 5.13 Å². The van der Waals surface area contributed by atoms with E-state index in [1.54, 1.807) is 35.2 Å². The molecule has 0 spiro atoms. The predicted octanol–water partition coefficient (Wildman–Crippen LogP) is 4.15. The normalized spacial score (nSPS) is 14.9. The lowest BCUT2D eigenvalue weighted by Crippen LogP contribution is -2.42. The Morgan fingerprint density at radius 2 is 1.97 bits per heavy atom. The average Bonchev–Trinajstić information content (AvgIpc) is 3.22. The molecule has 4 rings (SSSR count). The summed E-state index contributed by atoms with van der Waals surface area (Å²) in [5, 5.41) is 1.09. The Morgan fingerprint density at radius 3 is 2.68 bits per heavy atom. The number of hydrogen-bond acceptors (Lipinski definition) is 7. The van der Waals surface area contributed by atoms with Crippen molar-refractivity contribution in [1.82, 2.24) is 9.88 Å². The molecular weight excluding hydrogens is 517 g/mol. The highest BCUT2D eigenvalue weighted by atomic mass is 35.5. The number of rotatable bonds is 7. The smallest absolute Gasteiger partial charge is 0.252 e. The van der Waals surface area contributed by atoms with Crippen LogP contribution in [0.15, 0.2) is 53.4 Å². The highest BCUT2D eigenvalue weighted by Crippen LogP contribution is 2.31. The SMILES string of the molecule is CS(=O)(=O)c1ccc2nc(N(CCN3CCOCC3)C(=O)C=Cc3ccccc3Cl)sc2c1.Cl. The monoisotopic (exact) mass is 541 g/mol. The third-order valence-electron chi connectivity index (χ3n) is 5.33. The molecule has 0 N–H and O–H groups in total. The molecule has 0 unspecified atom stereocenters. The molecular formula is C23H25Cl2N3O4S2. The van der Waals surface area contributed by atoms with Crippen molar-refractivity contribution in [2.75, 3.05) is 50.5 Å².